The zero-order chi connectivity index (χ0) is 8.91. The standard InChI is InChI=1S/C8H18O2Si/c1-6-9-11(4,5)10-7-8(2)3/h2,6-7H2,1,3-5H3. The Morgan fingerprint density at radius 1 is 1.36 bits per heavy atom. The predicted octanol–water partition coefficient (Wildman–Crippen LogP) is 2.32. The van der Waals surface area contributed by atoms with E-state index < -0.39 is 8.56 Å². The van der Waals surface area contributed by atoms with Crippen molar-refractivity contribution >= 4 is 8.56 Å². The van der Waals surface area contributed by atoms with Crippen molar-refractivity contribution in [3.8, 4) is 0 Å². The quantitative estimate of drug-likeness (QED) is 0.470. The van der Waals surface area contributed by atoms with Crippen molar-refractivity contribution in [2.24, 2.45) is 0 Å². The molecule has 0 amide bonds. The van der Waals surface area contributed by atoms with Crippen LogP contribution in [-0.4, -0.2) is 21.8 Å². The van der Waals surface area contributed by atoms with Crippen molar-refractivity contribution in [1.82, 2.24) is 0 Å². The maximum atomic E-state index is 5.55. The SMILES string of the molecule is C=C(C)CO[Si](C)(C)OCC. The Kier molecular flexibility index (Phi) is 4.64. The molecule has 0 saturated carbocycles. The molecule has 0 aromatic heterocycles. The van der Waals surface area contributed by atoms with Crippen LogP contribution in [0.3, 0.4) is 0 Å². The largest absolute Gasteiger partial charge is 0.395 e. The van der Waals surface area contributed by atoms with Crippen LogP contribution in [-0.2, 0) is 8.85 Å². The van der Waals surface area contributed by atoms with E-state index in [0.717, 1.165) is 12.2 Å². The third-order valence-corrected chi connectivity index (χ3v) is 2.98. The first-order chi connectivity index (χ1) is 4.98. The molecular weight excluding hydrogens is 156 g/mol. The summed E-state index contributed by atoms with van der Waals surface area (Å²) in [5.41, 5.74) is 1.05. The Balaban J connectivity index is 3.63. The Hall–Kier alpha value is -0.123. The van der Waals surface area contributed by atoms with Gasteiger partial charge in [0, 0.05) is 6.61 Å². The van der Waals surface area contributed by atoms with Gasteiger partial charge in [-0.15, -0.1) is 0 Å². The molecule has 11 heavy (non-hydrogen) atoms. The normalized spacial score (nSPS) is 11.6. The molecule has 3 heteroatoms. The molecule has 0 aromatic rings. The van der Waals surface area contributed by atoms with Gasteiger partial charge in [0.1, 0.15) is 0 Å². The lowest BCUT2D eigenvalue weighted by Crippen LogP contribution is -2.35. The fourth-order valence-corrected chi connectivity index (χ4v) is 2.06. The van der Waals surface area contributed by atoms with Crippen LogP contribution in [0.15, 0.2) is 12.2 Å². The second-order valence-corrected chi connectivity index (χ2v) is 6.46. The van der Waals surface area contributed by atoms with Gasteiger partial charge in [0.2, 0.25) is 0 Å². The lowest BCUT2D eigenvalue weighted by Gasteiger charge is -2.21. The monoisotopic (exact) mass is 174 g/mol. The molecule has 0 unspecified atom stereocenters. The van der Waals surface area contributed by atoms with E-state index in [1.807, 2.05) is 26.9 Å². The minimum Gasteiger partial charge on any atom is -0.395 e. The highest BCUT2D eigenvalue weighted by Gasteiger charge is 2.23. The molecule has 2 nitrogen and oxygen atoms in total. The van der Waals surface area contributed by atoms with E-state index in [9.17, 15) is 0 Å². The average Bonchev–Trinajstić information content (AvgIpc) is 1.84. The second kappa shape index (κ2) is 4.69. The van der Waals surface area contributed by atoms with E-state index in [2.05, 4.69) is 6.58 Å². The zero-order valence-corrected chi connectivity index (χ0v) is 8.94. The number of rotatable bonds is 5. The van der Waals surface area contributed by atoms with E-state index in [-0.39, 0.29) is 0 Å². The molecule has 0 spiro atoms. The maximum absolute atomic E-state index is 5.55. The van der Waals surface area contributed by atoms with Gasteiger partial charge in [-0.2, -0.15) is 0 Å². The fraction of sp³-hybridized carbons (Fsp3) is 0.750. The lowest BCUT2D eigenvalue weighted by atomic mass is 10.4. The second-order valence-electron chi connectivity index (χ2n) is 3.08. The molecule has 0 fully saturated rings. The molecule has 0 atom stereocenters. The third kappa shape index (κ3) is 6.28. The van der Waals surface area contributed by atoms with Crippen LogP contribution in [0, 0.1) is 0 Å². The smallest absolute Gasteiger partial charge is 0.331 e. The highest BCUT2D eigenvalue weighted by atomic mass is 28.4. The van der Waals surface area contributed by atoms with Crippen molar-refractivity contribution in [3.63, 3.8) is 0 Å². The summed E-state index contributed by atoms with van der Waals surface area (Å²) in [6, 6.07) is 0. The van der Waals surface area contributed by atoms with Crippen molar-refractivity contribution < 1.29 is 8.85 Å². The first kappa shape index (κ1) is 10.9. The lowest BCUT2D eigenvalue weighted by molar-refractivity contribution is 0.201. The highest BCUT2D eigenvalue weighted by molar-refractivity contribution is 6.64. The van der Waals surface area contributed by atoms with Crippen LogP contribution in [0.2, 0.25) is 13.1 Å². The molecule has 66 valence electrons. The summed E-state index contributed by atoms with van der Waals surface area (Å²) in [4.78, 5) is 0. The van der Waals surface area contributed by atoms with E-state index in [4.69, 9.17) is 8.85 Å². The van der Waals surface area contributed by atoms with Gasteiger partial charge in [-0.05, 0) is 26.9 Å². The highest BCUT2D eigenvalue weighted by Crippen LogP contribution is 2.07. The molecule has 0 N–H and O–H groups in total. The molecular formula is C8H18O2Si. The van der Waals surface area contributed by atoms with Gasteiger partial charge in [0.25, 0.3) is 0 Å². The van der Waals surface area contributed by atoms with Crippen LogP contribution >= 0.6 is 0 Å². The minimum absolute atomic E-state index is 0.624. The molecule has 0 aliphatic rings. The summed E-state index contributed by atoms with van der Waals surface area (Å²) in [5, 5.41) is 0. The minimum atomic E-state index is -1.83. The molecule has 0 aliphatic heterocycles. The van der Waals surface area contributed by atoms with E-state index in [0.29, 0.717) is 6.61 Å². The Labute approximate surface area is 70.5 Å². The van der Waals surface area contributed by atoms with E-state index in [1.54, 1.807) is 0 Å². The van der Waals surface area contributed by atoms with Crippen LogP contribution in [0.25, 0.3) is 0 Å². The molecule has 0 heterocycles. The van der Waals surface area contributed by atoms with Gasteiger partial charge in [0.15, 0.2) is 0 Å². The number of hydrogen-bond acceptors (Lipinski definition) is 2. The van der Waals surface area contributed by atoms with Crippen molar-refractivity contribution in [2.75, 3.05) is 13.2 Å². The molecule has 0 saturated heterocycles. The number of hydrogen-bond donors (Lipinski definition) is 0. The summed E-state index contributed by atoms with van der Waals surface area (Å²) in [6.07, 6.45) is 0. The van der Waals surface area contributed by atoms with Gasteiger partial charge in [-0.25, -0.2) is 0 Å². The van der Waals surface area contributed by atoms with Crippen LogP contribution < -0.4 is 0 Å². The van der Waals surface area contributed by atoms with Gasteiger partial charge in [-0.3, -0.25) is 0 Å². The van der Waals surface area contributed by atoms with Crippen molar-refractivity contribution in [2.45, 2.75) is 26.9 Å². The Morgan fingerprint density at radius 3 is 2.27 bits per heavy atom. The van der Waals surface area contributed by atoms with Crippen molar-refractivity contribution in [3.05, 3.63) is 12.2 Å². The summed E-state index contributed by atoms with van der Waals surface area (Å²) < 4.78 is 11.0. The Bertz CT molecular complexity index is 132. The maximum Gasteiger partial charge on any atom is 0.331 e. The molecule has 0 bridgehead atoms. The Morgan fingerprint density at radius 2 is 1.91 bits per heavy atom. The summed E-state index contributed by atoms with van der Waals surface area (Å²) in [6.45, 7) is 13.1. The van der Waals surface area contributed by atoms with Gasteiger partial charge in [-0.1, -0.05) is 12.2 Å². The summed E-state index contributed by atoms with van der Waals surface area (Å²) in [7, 11) is -1.83. The van der Waals surface area contributed by atoms with Gasteiger partial charge < -0.3 is 8.85 Å². The van der Waals surface area contributed by atoms with Crippen LogP contribution in [0.4, 0.5) is 0 Å². The van der Waals surface area contributed by atoms with Crippen LogP contribution in [0.1, 0.15) is 13.8 Å². The predicted molar refractivity (Wildman–Crippen MR) is 49.9 cm³/mol. The topological polar surface area (TPSA) is 18.5 Å². The summed E-state index contributed by atoms with van der Waals surface area (Å²) in [5.74, 6) is 0. The molecule has 0 rings (SSSR count). The molecule has 0 radical (unpaired) electrons. The van der Waals surface area contributed by atoms with Gasteiger partial charge in [0.05, 0.1) is 6.61 Å². The van der Waals surface area contributed by atoms with E-state index >= 15 is 0 Å². The fourth-order valence-electron chi connectivity index (χ4n) is 0.686. The summed E-state index contributed by atoms with van der Waals surface area (Å²) >= 11 is 0. The van der Waals surface area contributed by atoms with Crippen LogP contribution in [0.5, 0.6) is 0 Å². The zero-order valence-electron chi connectivity index (χ0n) is 7.94. The van der Waals surface area contributed by atoms with Crippen molar-refractivity contribution in [1.29, 1.82) is 0 Å². The molecule has 0 aliphatic carbocycles. The first-order valence-electron chi connectivity index (χ1n) is 3.90. The van der Waals surface area contributed by atoms with Gasteiger partial charge >= 0.3 is 8.56 Å². The average molecular weight is 174 g/mol. The first-order valence-corrected chi connectivity index (χ1v) is 6.72. The third-order valence-electron chi connectivity index (χ3n) is 1.16. The van der Waals surface area contributed by atoms with E-state index in [1.165, 1.54) is 0 Å². The molecule has 0 aromatic carbocycles.